The number of carbonyl (C=O) groups excluding carboxylic acids is 1. The van der Waals surface area contributed by atoms with Gasteiger partial charge >= 0.3 is 0 Å². The molecule has 1 fully saturated rings. The summed E-state index contributed by atoms with van der Waals surface area (Å²) in [5.41, 5.74) is 0.903. The molecular weight excluding hydrogens is 248 g/mol. The van der Waals surface area contributed by atoms with E-state index in [0.29, 0.717) is 11.0 Å². The SMILES string of the molecule is Cc1nc(SCC(=O)N2CCCCCC2)oc1C. The smallest absolute Gasteiger partial charge is 0.256 e. The third-order valence-electron chi connectivity index (χ3n) is 3.29. The number of carbonyl (C=O) groups is 1. The molecule has 1 amide bonds. The molecule has 0 bridgehead atoms. The Bertz CT molecular complexity index is 390. The van der Waals surface area contributed by atoms with Gasteiger partial charge in [-0.25, -0.2) is 4.98 Å². The van der Waals surface area contributed by atoms with Crippen LogP contribution in [0, 0.1) is 13.8 Å². The van der Waals surface area contributed by atoms with Crippen LogP contribution in [-0.4, -0.2) is 34.6 Å². The summed E-state index contributed by atoms with van der Waals surface area (Å²) < 4.78 is 5.46. The molecule has 0 unspecified atom stereocenters. The van der Waals surface area contributed by atoms with E-state index in [0.717, 1.165) is 37.4 Å². The zero-order chi connectivity index (χ0) is 13.0. The summed E-state index contributed by atoms with van der Waals surface area (Å²) in [5, 5.41) is 0.605. The van der Waals surface area contributed by atoms with Gasteiger partial charge in [-0.2, -0.15) is 0 Å². The Balaban J connectivity index is 1.83. The minimum atomic E-state index is 0.204. The minimum absolute atomic E-state index is 0.204. The molecular formula is C13H20N2O2S. The standard InChI is InChI=1S/C13H20N2O2S/c1-10-11(2)17-13(14-10)18-9-12(16)15-7-5-3-4-6-8-15/h3-9H2,1-2H3. The largest absolute Gasteiger partial charge is 0.437 e. The van der Waals surface area contributed by atoms with Crippen LogP contribution in [0.2, 0.25) is 0 Å². The highest BCUT2D eigenvalue weighted by molar-refractivity contribution is 7.99. The van der Waals surface area contributed by atoms with Crippen molar-refractivity contribution in [3.63, 3.8) is 0 Å². The van der Waals surface area contributed by atoms with Gasteiger partial charge in [-0.3, -0.25) is 4.79 Å². The van der Waals surface area contributed by atoms with Crippen molar-refractivity contribution in [3.8, 4) is 0 Å². The first-order valence-corrected chi connectivity index (χ1v) is 7.50. The molecule has 1 aliphatic heterocycles. The van der Waals surface area contributed by atoms with Gasteiger partial charge in [0, 0.05) is 13.1 Å². The zero-order valence-corrected chi connectivity index (χ0v) is 11.9. The van der Waals surface area contributed by atoms with Crippen LogP contribution in [0.5, 0.6) is 0 Å². The van der Waals surface area contributed by atoms with E-state index in [1.54, 1.807) is 0 Å². The lowest BCUT2D eigenvalue weighted by Crippen LogP contribution is -2.33. The number of thioether (sulfide) groups is 1. The lowest BCUT2D eigenvalue weighted by Gasteiger charge is -2.19. The minimum Gasteiger partial charge on any atom is -0.437 e. The molecule has 2 rings (SSSR count). The first-order valence-electron chi connectivity index (χ1n) is 6.51. The van der Waals surface area contributed by atoms with E-state index >= 15 is 0 Å². The van der Waals surface area contributed by atoms with Gasteiger partial charge in [0.25, 0.3) is 5.22 Å². The molecule has 0 saturated carbocycles. The number of hydrogen-bond acceptors (Lipinski definition) is 4. The summed E-state index contributed by atoms with van der Waals surface area (Å²) >= 11 is 1.39. The van der Waals surface area contributed by atoms with Gasteiger partial charge in [0.05, 0.1) is 11.4 Å². The summed E-state index contributed by atoms with van der Waals surface area (Å²) in [6.45, 7) is 5.62. The van der Waals surface area contributed by atoms with E-state index in [1.807, 2.05) is 18.7 Å². The normalized spacial score (nSPS) is 16.7. The van der Waals surface area contributed by atoms with E-state index in [1.165, 1.54) is 24.6 Å². The Morgan fingerprint density at radius 3 is 2.50 bits per heavy atom. The summed E-state index contributed by atoms with van der Waals surface area (Å²) in [7, 11) is 0. The summed E-state index contributed by atoms with van der Waals surface area (Å²) in [6.07, 6.45) is 4.76. The van der Waals surface area contributed by atoms with Crippen LogP contribution >= 0.6 is 11.8 Å². The van der Waals surface area contributed by atoms with Crippen LogP contribution in [0.4, 0.5) is 0 Å². The second-order valence-corrected chi connectivity index (χ2v) is 5.63. The number of aromatic nitrogens is 1. The molecule has 0 radical (unpaired) electrons. The first-order chi connectivity index (χ1) is 8.66. The lowest BCUT2D eigenvalue weighted by molar-refractivity contribution is -0.128. The number of likely N-dealkylation sites (tertiary alicyclic amines) is 1. The number of nitrogens with zero attached hydrogens (tertiary/aromatic N) is 2. The maximum Gasteiger partial charge on any atom is 0.256 e. The third kappa shape index (κ3) is 3.51. The van der Waals surface area contributed by atoms with Gasteiger partial charge < -0.3 is 9.32 Å². The molecule has 100 valence electrons. The predicted octanol–water partition coefficient (Wildman–Crippen LogP) is 2.79. The summed E-state index contributed by atoms with van der Waals surface area (Å²) in [5.74, 6) is 1.47. The molecule has 1 aromatic rings. The lowest BCUT2D eigenvalue weighted by atomic mass is 10.2. The molecule has 18 heavy (non-hydrogen) atoms. The summed E-state index contributed by atoms with van der Waals surface area (Å²) in [6, 6.07) is 0. The van der Waals surface area contributed by atoms with Gasteiger partial charge in [0.15, 0.2) is 0 Å². The fourth-order valence-electron chi connectivity index (χ4n) is 2.04. The third-order valence-corrected chi connectivity index (χ3v) is 4.10. The van der Waals surface area contributed by atoms with Gasteiger partial charge in [0.1, 0.15) is 5.76 Å². The topological polar surface area (TPSA) is 46.3 Å². The molecule has 0 spiro atoms. The van der Waals surface area contributed by atoms with Gasteiger partial charge in [-0.15, -0.1) is 0 Å². The molecule has 1 aliphatic rings. The Hall–Kier alpha value is -0.970. The van der Waals surface area contributed by atoms with Crippen molar-refractivity contribution >= 4 is 17.7 Å². The van der Waals surface area contributed by atoms with Crippen LogP contribution in [0.25, 0.3) is 0 Å². The average molecular weight is 268 g/mol. The Morgan fingerprint density at radius 1 is 1.28 bits per heavy atom. The highest BCUT2D eigenvalue weighted by atomic mass is 32.2. The second kappa shape index (κ2) is 6.27. The van der Waals surface area contributed by atoms with Crippen molar-refractivity contribution in [2.45, 2.75) is 44.8 Å². The van der Waals surface area contributed by atoms with Crippen molar-refractivity contribution < 1.29 is 9.21 Å². The van der Waals surface area contributed by atoms with Crippen LogP contribution in [0.3, 0.4) is 0 Å². The predicted molar refractivity (Wildman–Crippen MR) is 71.7 cm³/mol. The fraction of sp³-hybridized carbons (Fsp3) is 0.692. The van der Waals surface area contributed by atoms with E-state index in [9.17, 15) is 4.79 Å². The Kier molecular flexibility index (Phi) is 4.69. The Labute approximate surface area is 112 Å². The number of aryl methyl sites for hydroxylation is 2. The van der Waals surface area contributed by atoms with Crippen molar-refractivity contribution in [2.75, 3.05) is 18.8 Å². The van der Waals surface area contributed by atoms with Crippen molar-refractivity contribution in [1.82, 2.24) is 9.88 Å². The van der Waals surface area contributed by atoms with E-state index < -0.39 is 0 Å². The quantitative estimate of drug-likeness (QED) is 0.791. The number of oxazole rings is 1. The van der Waals surface area contributed by atoms with Crippen LogP contribution in [0.1, 0.15) is 37.1 Å². The second-order valence-electron chi connectivity index (χ2n) is 4.71. The first kappa shape index (κ1) is 13.5. The molecule has 2 heterocycles. The van der Waals surface area contributed by atoms with Crippen molar-refractivity contribution in [2.24, 2.45) is 0 Å². The maximum atomic E-state index is 12.1. The Morgan fingerprint density at radius 2 is 1.94 bits per heavy atom. The van der Waals surface area contributed by atoms with Crippen LogP contribution in [-0.2, 0) is 4.79 Å². The zero-order valence-electron chi connectivity index (χ0n) is 11.1. The van der Waals surface area contributed by atoms with Crippen molar-refractivity contribution in [3.05, 3.63) is 11.5 Å². The fourth-order valence-corrected chi connectivity index (χ4v) is 2.85. The number of amides is 1. The van der Waals surface area contributed by atoms with E-state index in [2.05, 4.69) is 4.98 Å². The highest BCUT2D eigenvalue weighted by Gasteiger charge is 2.17. The van der Waals surface area contributed by atoms with Gasteiger partial charge in [0.2, 0.25) is 5.91 Å². The van der Waals surface area contributed by atoms with Gasteiger partial charge in [-0.1, -0.05) is 24.6 Å². The number of rotatable bonds is 3. The molecule has 1 aromatic heterocycles. The number of hydrogen-bond donors (Lipinski definition) is 0. The molecule has 4 nitrogen and oxygen atoms in total. The average Bonchev–Trinajstić information content (AvgIpc) is 2.60. The van der Waals surface area contributed by atoms with Crippen LogP contribution in [0.15, 0.2) is 9.64 Å². The molecule has 0 aromatic carbocycles. The molecule has 5 heteroatoms. The maximum absolute atomic E-state index is 12.1. The molecule has 0 atom stereocenters. The molecule has 0 aliphatic carbocycles. The van der Waals surface area contributed by atoms with Crippen LogP contribution < -0.4 is 0 Å². The molecule has 1 saturated heterocycles. The molecule has 0 N–H and O–H groups in total. The monoisotopic (exact) mass is 268 g/mol. The van der Waals surface area contributed by atoms with Gasteiger partial charge in [-0.05, 0) is 26.7 Å². The van der Waals surface area contributed by atoms with E-state index in [4.69, 9.17) is 4.42 Å². The summed E-state index contributed by atoms with van der Waals surface area (Å²) in [4.78, 5) is 18.3. The van der Waals surface area contributed by atoms with E-state index in [-0.39, 0.29) is 5.91 Å². The van der Waals surface area contributed by atoms with Crippen molar-refractivity contribution in [1.29, 1.82) is 0 Å². The highest BCUT2D eigenvalue weighted by Crippen LogP contribution is 2.21.